The summed E-state index contributed by atoms with van der Waals surface area (Å²) in [6.07, 6.45) is 2.19. The molecule has 0 radical (unpaired) electrons. The van der Waals surface area contributed by atoms with Gasteiger partial charge in [0.2, 0.25) is 15.9 Å². The number of hydrogen-bond donors (Lipinski definition) is 1. The van der Waals surface area contributed by atoms with Crippen LogP contribution in [0.3, 0.4) is 0 Å². The van der Waals surface area contributed by atoms with Crippen molar-refractivity contribution in [3.63, 3.8) is 0 Å². The lowest BCUT2D eigenvalue weighted by Crippen LogP contribution is -2.43. The molecule has 1 N–H and O–H groups in total. The molecule has 1 saturated heterocycles. The predicted octanol–water partition coefficient (Wildman–Crippen LogP) is 2.79. The van der Waals surface area contributed by atoms with Crippen LogP contribution >= 0.6 is 0 Å². The molecule has 2 aromatic rings. The summed E-state index contributed by atoms with van der Waals surface area (Å²) in [5.74, 6) is 0.0843. The number of nitrogens with zero attached hydrogens (tertiary/aromatic N) is 1. The van der Waals surface area contributed by atoms with Gasteiger partial charge in [-0.15, -0.1) is 0 Å². The van der Waals surface area contributed by atoms with Crippen molar-refractivity contribution in [2.24, 2.45) is 0 Å². The van der Waals surface area contributed by atoms with Crippen LogP contribution in [0.15, 0.2) is 33.8 Å². The molecule has 0 spiro atoms. The number of aryl methyl sites for hydroxylation is 2. The summed E-state index contributed by atoms with van der Waals surface area (Å²) in [7, 11) is -7.12. The topological polar surface area (TPSA) is 114 Å². The minimum absolute atomic E-state index is 0.0102. The molecular formula is C23H32N2O6S2. The molecule has 8 nitrogen and oxygen atoms in total. The van der Waals surface area contributed by atoms with Crippen LogP contribution < -0.4 is 4.72 Å². The van der Waals surface area contributed by atoms with Crippen LogP contribution in [0.4, 0.5) is 0 Å². The Hall–Kier alpha value is -2.17. The molecule has 0 saturated carbocycles. The second-order valence-corrected chi connectivity index (χ2v) is 12.7. The molecule has 3 rings (SSSR count). The van der Waals surface area contributed by atoms with Gasteiger partial charge in [0.15, 0.2) is 9.84 Å². The number of rotatable bonds is 8. The summed E-state index contributed by atoms with van der Waals surface area (Å²) >= 11 is 0. The van der Waals surface area contributed by atoms with Gasteiger partial charge in [0, 0.05) is 26.1 Å². The fraction of sp³-hybridized carbons (Fsp3) is 0.522. The van der Waals surface area contributed by atoms with Crippen molar-refractivity contribution in [1.29, 1.82) is 0 Å². The molecule has 182 valence electrons. The van der Waals surface area contributed by atoms with E-state index < -0.39 is 25.1 Å². The molecule has 2 heterocycles. The number of sulfonamides is 1. The normalized spacial score (nSPS) is 15.7. The van der Waals surface area contributed by atoms with Gasteiger partial charge in [0.05, 0.1) is 16.4 Å². The molecule has 1 amide bonds. The molecule has 1 aliphatic heterocycles. The van der Waals surface area contributed by atoms with E-state index in [1.807, 2.05) is 19.9 Å². The smallest absolute Gasteiger partial charge is 0.241 e. The van der Waals surface area contributed by atoms with Crippen molar-refractivity contribution in [3.05, 3.63) is 52.5 Å². The first kappa shape index (κ1) is 25.5. The van der Waals surface area contributed by atoms with Gasteiger partial charge in [-0.3, -0.25) is 4.79 Å². The van der Waals surface area contributed by atoms with Crippen molar-refractivity contribution in [1.82, 2.24) is 9.62 Å². The number of piperidine rings is 1. The fourth-order valence-electron chi connectivity index (χ4n) is 4.28. The van der Waals surface area contributed by atoms with Gasteiger partial charge < -0.3 is 9.32 Å². The first-order chi connectivity index (χ1) is 15.4. The standard InChI is InChI=1S/C23H32N2O6S2/c1-16-14-17(2)19(4)23(18(16)3)33(29,30)24-10-7-22(26)25-11-8-21(9-12-25)32(27,28)15-20-6-5-13-31-20/h5-6,13-14,21,24H,7-12,15H2,1-4H3. The summed E-state index contributed by atoms with van der Waals surface area (Å²) < 4.78 is 58.7. The Morgan fingerprint density at radius 2 is 1.67 bits per heavy atom. The molecule has 0 unspecified atom stereocenters. The zero-order valence-corrected chi connectivity index (χ0v) is 21.2. The average Bonchev–Trinajstić information content (AvgIpc) is 3.24. The summed E-state index contributed by atoms with van der Waals surface area (Å²) in [6.45, 7) is 7.98. The number of carbonyl (C=O) groups excluding carboxylic acids is 1. The monoisotopic (exact) mass is 496 g/mol. The number of nitrogens with one attached hydrogen (secondary N) is 1. The molecule has 0 aliphatic carbocycles. The van der Waals surface area contributed by atoms with E-state index in [1.54, 1.807) is 30.9 Å². The van der Waals surface area contributed by atoms with Gasteiger partial charge in [-0.05, 0) is 74.9 Å². The molecule has 0 bridgehead atoms. The molecule has 1 fully saturated rings. The maximum absolute atomic E-state index is 12.9. The lowest BCUT2D eigenvalue weighted by atomic mass is 10.0. The highest BCUT2D eigenvalue weighted by molar-refractivity contribution is 7.91. The minimum atomic E-state index is -3.76. The van der Waals surface area contributed by atoms with E-state index in [0.29, 0.717) is 42.8 Å². The maximum Gasteiger partial charge on any atom is 0.241 e. The minimum Gasteiger partial charge on any atom is -0.468 e. The molecule has 1 aromatic carbocycles. The highest BCUT2D eigenvalue weighted by Crippen LogP contribution is 2.26. The Bertz CT molecular complexity index is 1180. The highest BCUT2D eigenvalue weighted by atomic mass is 32.2. The molecule has 1 aromatic heterocycles. The molecule has 1 aliphatic rings. The van der Waals surface area contributed by atoms with E-state index in [9.17, 15) is 21.6 Å². The van der Waals surface area contributed by atoms with Crippen LogP contribution in [0.2, 0.25) is 0 Å². The van der Waals surface area contributed by atoms with E-state index in [-0.39, 0.29) is 29.5 Å². The number of likely N-dealkylation sites (tertiary alicyclic amines) is 1. The van der Waals surface area contributed by atoms with Crippen LogP contribution in [0.1, 0.15) is 47.3 Å². The number of hydrogen-bond acceptors (Lipinski definition) is 6. The third-order valence-corrected chi connectivity index (χ3v) is 10.3. The molecular weight excluding hydrogens is 464 g/mol. The quantitative estimate of drug-likeness (QED) is 0.601. The summed E-state index contributed by atoms with van der Waals surface area (Å²) in [4.78, 5) is 14.5. The maximum atomic E-state index is 12.9. The van der Waals surface area contributed by atoms with E-state index in [2.05, 4.69) is 4.72 Å². The van der Waals surface area contributed by atoms with Crippen molar-refractivity contribution >= 4 is 25.8 Å². The van der Waals surface area contributed by atoms with Crippen LogP contribution in [-0.2, 0) is 30.4 Å². The van der Waals surface area contributed by atoms with Crippen molar-refractivity contribution in [2.45, 2.75) is 62.9 Å². The van der Waals surface area contributed by atoms with Gasteiger partial charge in [-0.2, -0.15) is 0 Å². The SMILES string of the molecule is Cc1cc(C)c(C)c(S(=O)(=O)NCCC(=O)N2CCC(S(=O)(=O)Cc3ccco3)CC2)c1C. The third-order valence-electron chi connectivity index (χ3n) is 6.42. The zero-order chi connectivity index (χ0) is 24.4. The Morgan fingerprint density at radius 1 is 1.06 bits per heavy atom. The largest absolute Gasteiger partial charge is 0.468 e. The zero-order valence-electron chi connectivity index (χ0n) is 19.5. The predicted molar refractivity (Wildman–Crippen MR) is 126 cm³/mol. The lowest BCUT2D eigenvalue weighted by molar-refractivity contribution is -0.131. The van der Waals surface area contributed by atoms with E-state index in [1.165, 1.54) is 6.26 Å². The summed E-state index contributed by atoms with van der Waals surface area (Å²) in [5, 5.41) is -0.513. The number of benzene rings is 1. The molecule has 10 heteroatoms. The van der Waals surface area contributed by atoms with Gasteiger partial charge in [-0.1, -0.05) is 6.07 Å². The number of amides is 1. The number of furan rings is 1. The number of carbonyl (C=O) groups is 1. The van der Waals surface area contributed by atoms with E-state index in [4.69, 9.17) is 4.42 Å². The number of sulfone groups is 1. The third kappa shape index (κ3) is 5.85. The van der Waals surface area contributed by atoms with Gasteiger partial charge in [-0.25, -0.2) is 21.6 Å². The highest BCUT2D eigenvalue weighted by Gasteiger charge is 2.32. The Morgan fingerprint density at radius 3 is 2.21 bits per heavy atom. The van der Waals surface area contributed by atoms with Crippen molar-refractivity contribution in [2.75, 3.05) is 19.6 Å². The van der Waals surface area contributed by atoms with Crippen molar-refractivity contribution < 1.29 is 26.0 Å². The first-order valence-corrected chi connectivity index (χ1v) is 14.2. The van der Waals surface area contributed by atoms with Gasteiger partial charge >= 0.3 is 0 Å². The lowest BCUT2D eigenvalue weighted by Gasteiger charge is -2.31. The second kappa shape index (κ2) is 9.99. The summed E-state index contributed by atoms with van der Waals surface area (Å²) in [6, 6.07) is 5.26. The van der Waals surface area contributed by atoms with Crippen molar-refractivity contribution in [3.8, 4) is 0 Å². The fourth-order valence-corrected chi connectivity index (χ4v) is 7.65. The Labute approximate surface area is 196 Å². The van der Waals surface area contributed by atoms with Crippen LogP contribution in [0.5, 0.6) is 0 Å². The van der Waals surface area contributed by atoms with Crippen LogP contribution in [-0.4, -0.2) is 52.5 Å². The van der Waals surface area contributed by atoms with Gasteiger partial charge in [0.25, 0.3) is 0 Å². The van der Waals surface area contributed by atoms with Crippen LogP contribution in [0, 0.1) is 27.7 Å². The van der Waals surface area contributed by atoms with Crippen LogP contribution in [0.25, 0.3) is 0 Å². The first-order valence-electron chi connectivity index (χ1n) is 11.0. The van der Waals surface area contributed by atoms with E-state index in [0.717, 1.165) is 11.1 Å². The average molecular weight is 497 g/mol. The molecule has 0 atom stereocenters. The van der Waals surface area contributed by atoms with Gasteiger partial charge in [0.1, 0.15) is 11.5 Å². The van der Waals surface area contributed by atoms with E-state index >= 15 is 0 Å². The Balaban J connectivity index is 1.53. The summed E-state index contributed by atoms with van der Waals surface area (Å²) in [5.41, 5.74) is 3.21. The second-order valence-electron chi connectivity index (χ2n) is 8.70. The Kier molecular flexibility index (Phi) is 7.70. The molecule has 33 heavy (non-hydrogen) atoms.